The van der Waals surface area contributed by atoms with Gasteiger partial charge in [0.25, 0.3) is 0 Å². The van der Waals surface area contributed by atoms with E-state index in [4.69, 9.17) is 0 Å². The third-order valence-electron chi connectivity index (χ3n) is 2.09. The Morgan fingerprint density at radius 3 is 2.62 bits per heavy atom. The molecule has 0 amide bonds. The van der Waals surface area contributed by atoms with Crippen LogP contribution in [0.2, 0.25) is 0 Å². The molecule has 0 aliphatic carbocycles. The van der Waals surface area contributed by atoms with E-state index in [-0.39, 0.29) is 6.42 Å². The highest BCUT2D eigenvalue weighted by Gasteiger charge is 2.01. The maximum Gasteiger partial charge on any atom is 0.355 e. The van der Waals surface area contributed by atoms with Gasteiger partial charge in [0.15, 0.2) is 0 Å². The Morgan fingerprint density at radius 1 is 1.31 bits per heavy atom. The van der Waals surface area contributed by atoms with Gasteiger partial charge in [-0.1, -0.05) is 24.3 Å². The predicted octanol–water partition coefficient (Wildman–Crippen LogP) is 2.27. The van der Waals surface area contributed by atoms with Crippen LogP contribution in [0.3, 0.4) is 0 Å². The Balaban J connectivity index is 2.45. The second-order valence-corrected chi connectivity index (χ2v) is 3.15. The first-order valence-corrected chi connectivity index (χ1v) is 4.44. The zero-order valence-electron chi connectivity index (χ0n) is 7.75. The Bertz CT molecular complexity index is 292. The van der Waals surface area contributed by atoms with E-state index in [1.807, 2.05) is 31.2 Å². The van der Waals surface area contributed by atoms with Crippen molar-refractivity contribution >= 4 is 5.97 Å². The molecule has 0 atom stereocenters. The second-order valence-electron chi connectivity index (χ2n) is 3.15. The van der Waals surface area contributed by atoms with Gasteiger partial charge in [-0.3, -0.25) is 0 Å². The van der Waals surface area contributed by atoms with Crippen LogP contribution >= 0.6 is 0 Å². The van der Waals surface area contributed by atoms with Crippen molar-refractivity contribution in [3.63, 3.8) is 0 Å². The molecular weight excluding hydrogens is 164 g/mol. The highest BCUT2D eigenvalue weighted by molar-refractivity contribution is 5.66. The van der Waals surface area contributed by atoms with Crippen LogP contribution in [0.15, 0.2) is 24.3 Å². The highest BCUT2D eigenvalue weighted by Crippen LogP contribution is 2.10. The average molecular weight is 177 g/mol. The van der Waals surface area contributed by atoms with Gasteiger partial charge in [-0.15, -0.1) is 0 Å². The van der Waals surface area contributed by atoms with E-state index in [1.54, 1.807) is 0 Å². The molecule has 0 unspecified atom stereocenters. The molecule has 0 aromatic heterocycles. The van der Waals surface area contributed by atoms with E-state index in [1.165, 1.54) is 11.1 Å². The van der Waals surface area contributed by atoms with Crippen molar-refractivity contribution in [2.45, 2.75) is 26.2 Å². The molecule has 0 saturated heterocycles. The summed E-state index contributed by atoms with van der Waals surface area (Å²) < 4.78 is 0. The minimum atomic E-state index is -0.964. The fourth-order valence-corrected chi connectivity index (χ4v) is 1.31. The molecule has 1 radical (unpaired) electrons. The van der Waals surface area contributed by atoms with Gasteiger partial charge >= 0.3 is 5.97 Å². The first kappa shape index (κ1) is 9.78. The number of aryl methyl sites for hydroxylation is 2. The Morgan fingerprint density at radius 2 is 2.00 bits per heavy atom. The summed E-state index contributed by atoms with van der Waals surface area (Å²) in [6.45, 7) is 2.04. The molecule has 0 heterocycles. The van der Waals surface area contributed by atoms with Crippen molar-refractivity contribution in [2.75, 3.05) is 0 Å². The molecule has 2 heteroatoms. The van der Waals surface area contributed by atoms with Gasteiger partial charge in [0, 0.05) is 0 Å². The minimum absolute atomic E-state index is 0.147. The number of benzene rings is 1. The van der Waals surface area contributed by atoms with Crippen LogP contribution in [-0.4, -0.2) is 5.97 Å². The quantitative estimate of drug-likeness (QED) is 0.695. The summed E-state index contributed by atoms with van der Waals surface area (Å²) in [4.78, 5) is 10.2. The zero-order chi connectivity index (χ0) is 9.68. The van der Waals surface area contributed by atoms with Crippen molar-refractivity contribution in [1.29, 1.82) is 0 Å². The summed E-state index contributed by atoms with van der Waals surface area (Å²) in [5, 5.41) is 10.2. The van der Waals surface area contributed by atoms with Crippen molar-refractivity contribution in [3.05, 3.63) is 35.4 Å². The number of carbonyl (C=O) groups excluding carboxylic acids is 1. The van der Waals surface area contributed by atoms with Gasteiger partial charge in [0.2, 0.25) is 0 Å². The molecule has 2 nitrogen and oxygen atoms in total. The standard InChI is InChI=1S/C11H13O2/c1-9-5-2-3-6-10(9)7-4-8-11(12)13/h2-3,5-6H,4,7-8H2,1H3. The SMILES string of the molecule is Cc1ccccc1CCCC([O])=O. The van der Waals surface area contributed by atoms with Gasteiger partial charge in [-0.2, -0.15) is 0 Å². The molecule has 0 aliphatic rings. The summed E-state index contributed by atoms with van der Waals surface area (Å²) >= 11 is 0. The number of carbonyl (C=O) groups is 1. The van der Waals surface area contributed by atoms with E-state index < -0.39 is 5.97 Å². The first-order chi connectivity index (χ1) is 6.20. The van der Waals surface area contributed by atoms with Gasteiger partial charge in [-0.05, 0) is 30.9 Å². The van der Waals surface area contributed by atoms with Gasteiger partial charge in [0.1, 0.15) is 0 Å². The maximum absolute atomic E-state index is 10.2. The second kappa shape index (κ2) is 4.65. The highest BCUT2D eigenvalue weighted by atomic mass is 16.4. The van der Waals surface area contributed by atoms with Crippen LogP contribution < -0.4 is 0 Å². The van der Waals surface area contributed by atoms with Crippen molar-refractivity contribution < 1.29 is 9.90 Å². The van der Waals surface area contributed by atoms with Crippen LogP contribution in [-0.2, 0) is 16.3 Å². The van der Waals surface area contributed by atoms with Crippen LogP contribution in [0.5, 0.6) is 0 Å². The molecule has 1 aromatic rings. The molecule has 0 N–H and O–H groups in total. The molecule has 0 spiro atoms. The third-order valence-corrected chi connectivity index (χ3v) is 2.09. The number of rotatable bonds is 4. The summed E-state index contributed by atoms with van der Waals surface area (Å²) in [5.41, 5.74) is 2.45. The number of hydrogen-bond acceptors (Lipinski definition) is 1. The summed E-state index contributed by atoms with van der Waals surface area (Å²) in [6.07, 6.45) is 1.63. The molecular formula is C11H13O2. The van der Waals surface area contributed by atoms with Crippen molar-refractivity contribution in [3.8, 4) is 0 Å². The monoisotopic (exact) mass is 177 g/mol. The summed E-state index contributed by atoms with van der Waals surface area (Å²) in [5.74, 6) is -0.964. The summed E-state index contributed by atoms with van der Waals surface area (Å²) in [7, 11) is 0. The number of hydrogen-bond donors (Lipinski definition) is 0. The Hall–Kier alpha value is -1.31. The topological polar surface area (TPSA) is 37.0 Å². The van der Waals surface area contributed by atoms with Gasteiger partial charge in [0.05, 0.1) is 6.42 Å². The molecule has 0 fully saturated rings. The minimum Gasteiger partial charge on any atom is -0.247 e. The summed E-state index contributed by atoms with van der Waals surface area (Å²) in [6, 6.07) is 8.03. The molecule has 0 aliphatic heterocycles. The Kier molecular flexibility index (Phi) is 3.50. The van der Waals surface area contributed by atoms with E-state index in [9.17, 15) is 9.90 Å². The van der Waals surface area contributed by atoms with E-state index >= 15 is 0 Å². The van der Waals surface area contributed by atoms with Crippen molar-refractivity contribution in [2.24, 2.45) is 0 Å². The fraction of sp³-hybridized carbons (Fsp3) is 0.364. The molecule has 1 aromatic carbocycles. The Labute approximate surface area is 78.2 Å². The van der Waals surface area contributed by atoms with E-state index in [2.05, 4.69) is 0 Å². The third kappa shape index (κ3) is 3.28. The molecule has 0 saturated carbocycles. The fourth-order valence-electron chi connectivity index (χ4n) is 1.31. The largest absolute Gasteiger partial charge is 0.355 e. The van der Waals surface area contributed by atoms with Gasteiger partial charge < -0.3 is 0 Å². The normalized spacial score (nSPS) is 9.92. The van der Waals surface area contributed by atoms with E-state index in [0.717, 1.165) is 6.42 Å². The molecule has 69 valence electrons. The molecule has 1 rings (SSSR count). The lowest BCUT2D eigenvalue weighted by Gasteiger charge is -2.02. The smallest absolute Gasteiger partial charge is 0.247 e. The maximum atomic E-state index is 10.2. The lowest BCUT2D eigenvalue weighted by molar-refractivity contribution is -0.143. The molecule has 0 bridgehead atoms. The van der Waals surface area contributed by atoms with Crippen LogP contribution in [0.25, 0.3) is 0 Å². The van der Waals surface area contributed by atoms with Crippen LogP contribution in [0.4, 0.5) is 0 Å². The van der Waals surface area contributed by atoms with E-state index in [0.29, 0.717) is 6.42 Å². The molecule has 13 heavy (non-hydrogen) atoms. The van der Waals surface area contributed by atoms with Crippen LogP contribution in [0.1, 0.15) is 24.0 Å². The zero-order valence-corrected chi connectivity index (χ0v) is 7.75. The van der Waals surface area contributed by atoms with Crippen molar-refractivity contribution in [1.82, 2.24) is 0 Å². The lowest BCUT2D eigenvalue weighted by Crippen LogP contribution is -1.95. The average Bonchev–Trinajstić information content (AvgIpc) is 2.08. The predicted molar refractivity (Wildman–Crippen MR) is 49.8 cm³/mol. The van der Waals surface area contributed by atoms with Gasteiger partial charge in [-0.25, -0.2) is 9.90 Å². The van der Waals surface area contributed by atoms with Crippen LogP contribution in [0, 0.1) is 6.92 Å². The first-order valence-electron chi connectivity index (χ1n) is 4.44. The lowest BCUT2D eigenvalue weighted by atomic mass is 10.0.